The van der Waals surface area contributed by atoms with E-state index in [0.717, 1.165) is 26.1 Å². The quantitative estimate of drug-likeness (QED) is 0.851. The number of hydrogen-bond donors (Lipinski definition) is 2. The van der Waals surface area contributed by atoms with Gasteiger partial charge in [0.25, 0.3) is 0 Å². The zero-order valence-corrected chi connectivity index (χ0v) is 14.2. The number of hydrogen-bond acceptors (Lipinski definition) is 3. The Labute approximate surface area is 147 Å². The van der Waals surface area contributed by atoms with E-state index in [-0.39, 0.29) is 5.91 Å². The molecule has 1 atom stereocenters. The maximum atomic E-state index is 12.1. The summed E-state index contributed by atoms with van der Waals surface area (Å²) in [5, 5.41) is 2.86. The van der Waals surface area contributed by atoms with Crippen molar-refractivity contribution in [2.75, 3.05) is 25.0 Å². The first-order valence-corrected chi connectivity index (χ1v) is 8.59. The van der Waals surface area contributed by atoms with Crippen molar-refractivity contribution in [1.82, 2.24) is 4.90 Å². The highest BCUT2D eigenvalue weighted by molar-refractivity contribution is 5.94. The fraction of sp³-hybridized carbons (Fsp3) is 0.300. The second-order valence-electron chi connectivity index (χ2n) is 6.44. The fourth-order valence-corrected chi connectivity index (χ4v) is 3.23. The minimum absolute atomic E-state index is 0.0185. The molecule has 1 fully saturated rings. The van der Waals surface area contributed by atoms with Gasteiger partial charge in [0.1, 0.15) is 0 Å². The minimum atomic E-state index is -0.472. The summed E-state index contributed by atoms with van der Waals surface area (Å²) in [6, 6.07) is 17.2. The second kappa shape index (κ2) is 7.94. The third-order valence-electron chi connectivity index (χ3n) is 4.65. The number of nitrogens with zero attached hydrogens (tertiary/aromatic N) is 1. The van der Waals surface area contributed by atoms with Crippen LogP contribution < -0.4 is 11.1 Å². The molecule has 5 nitrogen and oxygen atoms in total. The van der Waals surface area contributed by atoms with Gasteiger partial charge in [0, 0.05) is 30.8 Å². The monoisotopic (exact) mass is 337 g/mol. The molecular formula is C20H23N3O2. The van der Waals surface area contributed by atoms with Gasteiger partial charge < -0.3 is 16.0 Å². The van der Waals surface area contributed by atoms with Crippen LogP contribution in [0.2, 0.25) is 0 Å². The van der Waals surface area contributed by atoms with Gasteiger partial charge in [0.15, 0.2) is 0 Å². The molecule has 1 saturated heterocycles. The average Bonchev–Trinajstić information content (AvgIpc) is 3.10. The van der Waals surface area contributed by atoms with Gasteiger partial charge in [-0.05, 0) is 48.7 Å². The van der Waals surface area contributed by atoms with Gasteiger partial charge >= 0.3 is 0 Å². The van der Waals surface area contributed by atoms with Crippen molar-refractivity contribution < 1.29 is 9.59 Å². The first kappa shape index (κ1) is 17.2. The average molecular weight is 337 g/mol. The number of rotatable bonds is 6. The van der Waals surface area contributed by atoms with Crippen molar-refractivity contribution in [3.8, 4) is 0 Å². The standard InChI is InChI=1S/C20H23N3O2/c21-20(25)16-6-8-18(9-7-16)22-19(24)11-13-23-12-10-17(14-23)15-4-2-1-3-5-15/h1-9,17H,10-14H2,(H2,21,25)(H,22,24)/t17-/m0/s1. The van der Waals surface area contributed by atoms with E-state index in [4.69, 9.17) is 5.73 Å². The Morgan fingerprint density at radius 1 is 1.08 bits per heavy atom. The zero-order valence-electron chi connectivity index (χ0n) is 14.2. The molecule has 0 spiro atoms. The van der Waals surface area contributed by atoms with E-state index in [1.165, 1.54) is 5.56 Å². The second-order valence-corrected chi connectivity index (χ2v) is 6.44. The van der Waals surface area contributed by atoms with Crippen molar-refractivity contribution in [2.45, 2.75) is 18.8 Å². The van der Waals surface area contributed by atoms with Gasteiger partial charge in [-0.1, -0.05) is 30.3 Å². The number of carbonyl (C=O) groups excluding carboxylic acids is 2. The van der Waals surface area contributed by atoms with E-state index < -0.39 is 5.91 Å². The summed E-state index contributed by atoms with van der Waals surface area (Å²) in [4.78, 5) is 25.5. The first-order valence-electron chi connectivity index (χ1n) is 8.59. The number of amides is 2. The van der Waals surface area contributed by atoms with E-state index in [1.807, 2.05) is 6.07 Å². The molecule has 0 aliphatic carbocycles. The molecule has 2 amide bonds. The molecule has 3 N–H and O–H groups in total. The zero-order chi connectivity index (χ0) is 17.6. The van der Waals surface area contributed by atoms with Gasteiger partial charge in [0.2, 0.25) is 11.8 Å². The third-order valence-corrected chi connectivity index (χ3v) is 4.65. The molecular weight excluding hydrogens is 314 g/mol. The number of nitrogens with one attached hydrogen (secondary N) is 1. The lowest BCUT2D eigenvalue weighted by atomic mass is 9.99. The van der Waals surface area contributed by atoms with Crippen LogP contribution in [0, 0.1) is 0 Å². The predicted octanol–water partition coefficient (Wildman–Crippen LogP) is 2.60. The number of anilines is 1. The minimum Gasteiger partial charge on any atom is -0.366 e. The number of nitrogens with two attached hydrogens (primary N) is 1. The Hall–Kier alpha value is -2.66. The van der Waals surface area contributed by atoms with E-state index in [9.17, 15) is 9.59 Å². The Balaban J connectivity index is 1.44. The smallest absolute Gasteiger partial charge is 0.248 e. The lowest BCUT2D eigenvalue weighted by molar-refractivity contribution is -0.116. The first-order chi connectivity index (χ1) is 12.1. The van der Waals surface area contributed by atoms with Crippen LogP contribution in [0.15, 0.2) is 54.6 Å². The number of likely N-dealkylation sites (tertiary alicyclic amines) is 1. The van der Waals surface area contributed by atoms with Crippen LogP contribution in [0.1, 0.15) is 34.7 Å². The van der Waals surface area contributed by atoms with E-state index >= 15 is 0 Å². The van der Waals surface area contributed by atoms with Crippen LogP contribution in [-0.2, 0) is 4.79 Å². The summed E-state index contributed by atoms with van der Waals surface area (Å²) >= 11 is 0. The van der Waals surface area contributed by atoms with Crippen LogP contribution in [0.4, 0.5) is 5.69 Å². The number of benzene rings is 2. The largest absolute Gasteiger partial charge is 0.366 e. The SMILES string of the molecule is NC(=O)c1ccc(NC(=O)CCN2CC[C@H](c3ccccc3)C2)cc1. The molecule has 0 saturated carbocycles. The number of carbonyl (C=O) groups is 2. The van der Waals surface area contributed by atoms with Crippen molar-refractivity contribution in [3.05, 3.63) is 65.7 Å². The summed E-state index contributed by atoms with van der Waals surface area (Å²) in [6.45, 7) is 2.79. The molecule has 1 aliphatic heterocycles. The highest BCUT2D eigenvalue weighted by Crippen LogP contribution is 2.26. The molecule has 0 unspecified atom stereocenters. The molecule has 0 aromatic heterocycles. The van der Waals surface area contributed by atoms with Crippen molar-refractivity contribution in [3.63, 3.8) is 0 Å². The highest BCUT2D eigenvalue weighted by Gasteiger charge is 2.23. The van der Waals surface area contributed by atoms with Crippen LogP contribution in [-0.4, -0.2) is 36.3 Å². The Morgan fingerprint density at radius 2 is 1.80 bits per heavy atom. The number of primary amides is 1. The van der Waals surface area contributed by atoms with Crippen LogP contribution in [0.25, 0.3) is 0 Å². The summed E-state index contributed by atoms with van der Waals surface area (Å²) in [7, 11) is 0. The molecule has 130 valence electrons. The Kier molecular flexibility index (Phi) is 5.46. The van der Waals surface area contributed by atoms with E-state index in [0.29, 0.717) is 23.6 Å². The van der Waals surface area contributed by atoms with Gasteiger partial charge in [-0.15, -0.1) is 0 Å². The predicted molar refractivity (Wildman–Crippen MR) is 98.4 cm³/mol. The van der Waals surface area contributed by atoms with Gasteiger partial charge in [-0.25, -0.2) is 0 Å². The summed E-state index contributed by atoms with van der Waals surface area (Å²) in [5.41, 5.74) is 7.69. The molecule has 2 aromatic carbocycles. The molecule has 1 heterocycles. The van der Waals surface area contributed by atoms with E-state index in [2.05, 4.69) is 34.5 Å². The maximum absolute atomic E-state index is 12.1. The lowest BCUT2D eigenvalue weighted by Gasteiger charge is -2.16. The molecule has 5 heteroatoms. The molecule has 25 heavy (non-hydrogen) atoms. The molecule has 2 aromatic rings. The lowest BCUT2D eigenvalue weighted by Crippen LogP contribution is -2.25. The van der Waals surface area contributed by atoms with E-state index in [1.54, 1.807) is 24.3 Å². The van der Waals surface area contributed by atoms with Crippen molar-refractivity contribution in [2.24, 2.45) is 5.73 Å². The third kappa shape index (κ3) is 4.67. The maximum Gasteiger partial charge on any atom is 0.248 e. The summed E-state index contributed by atoms with van der Waals surface area (Å²) in [5.74, 6) is 0.0699. The van der Waals surface area contributed by atoms with Crippen molar-refractivity contribution >= 4 is 17.5 Å². The van der Waals surface area contributed by atoms with Crippen LogP contribution >= 0.6 is 0 Å². The van der Waals surface area contributed by atoms with Crippen LogP contribution in [0.5, 0.6) is 0 Å². The summed E-state index contributed by atoms with van der Waals surface area (Å²) in [6.07, 6.45) is 1.60. The normalized spacial score (nSPS) is 17.4. The summed E-state index contributed by atoms with van der Waals surface area (Å²) < 4.78 is 0. The molecule has 3 rings (SSSR count). The van der Waals surface area contributed by atoms with Gasteiger partial charge in [-0.3, -0.25) is 9.59 Å². The molecule has 0 radical (unpaired) electrons. The van der Waals surface area contributed by atoms with Gasteiger partial charge in [0.05, 0.1) is 0 Å². The fourth-order valence-electron chi connectivity index (χ4n) is 3.23. The topological polar surface area (TPSA) is 75.4 Å². The Bertz CT molecular complexity index is 728. The Morgan fingerprint density at radius 3 is 2.48 bits per heavy atom. The molecule has 0 bridgehead atoms. The molecule has 1 aliphatic rings. The van der Waals surface area contributed by atoms with Crippen molar-refractivity contribution in [1.29, 1.82) is 0 Å². The van der Waals surface area contributed by atoms with Crippen LogP contribution in [0.3, 0.4) is 0 Å². The van der Waals surface area contributed by atoms with Gasteiger partial charge in [-0.2, -0.15) is 0 Å². The highest BCUT2D eigenvalue weighted by atomic mass is 16.2.